The van der Waals surface area contributed by atoms with Crippen LogP contribution in [-0.2, 0) is 35.6 Å². The Morgan fingerprint density at radius 1 is 0.974 bits per heavy atom. The summed E-state index contributed by atoms with van der Waals surface area (Å²) < 4.78 is 40.7. The standard InChI is InChI=1S/C28H30N4O6S/c1-29-25-7-6-21(39(35,36)32-10-14-38-15-11-32)17-23(25)24(28(29)34)16-20-18-31(26-5-3-2-4-22(20)26)19-27(33)30-8-12-37-13-9-30/h2-7,16-18H,8-15,19H2,1H3/b24-16-. The van der Waals surface area contributed by atoms with E-state index in [1.165, 1.54) is 9.21 Å². The van der Waals surface area contributed by atoms with Crippen molar-refractivity contribution in [3.8, 4) is 0 Å². The second-order valence-electron chi connectivity index (χ2n) is 9.84. The lowest BCUT2D eigenvalue weighted by Gasteiger charge is -2.27. The number of anilines is 1. The molecule has 0 spiro atoms. The lowest BCUT2D eigenvalue weighted by atomic mass is 10.0. The van der Waals surface area contributed by atoms with Gasteiger partial charge in [-0.25, -0.2) is 8.42 Å². The number of fused-ring (bicyclic) bond motifs is 2. The number of sulfonamides is 1. The Kier molecular flexibility index (Phi) is 6.76. The molecule has 0 aliphatic carbocycles. The van der Waals surface area contributed by atoms with Gasteiger partial charge in [0.15, 0.2) is 0 Å². The zero-order chi connectivity index (χ0) is 27.1. The first-order valence-electron chi connectivity index (χ1n) is 13.0. The number of carbonyl (C=O) groups excluding carboxylic acids is 2. The van der Waals surface area contributed by atoms with Gasteiger partial charge in [-0.05, 0) is 30.3 Å². The van der Waals surface area contributed by atoms with Crippen LogP contribution in [0, 0.1) is 0 Å². The van der Waals surface area contributed by atoms with Gasteiger partial charge in [-0.2, -0.15) is 4.31 Å². The molecular weight excluding hydrogens is 520 g/mol. The SMILES string of the molecule is CN1C(=O)/C(=C\c2cn(CC(=O)N3CCOCC3)c3ccccc23)c2cc(S(=O)(=O)N3CCOCC3)ccc21. The normalized spacial score (nSPS) is 19.7. The number of ether oxygens (including phenoxy) is 2. The van der Waals surface area contributed by atoms with Crippen LogP contribution in [0.5, 0.6) is 0 Å². The van der Waals surface area contributed by atoms with Crippen LogP contribution in [0.15, 0.2) is 53.6 Å². The summed E-state index contributed by atoms with van der Waals surface area (Å²) in [7, 11) is -2.05. The van der Waals surface area contributed by atoms with E-state index in [4.69, 9.17) is 9.47 Å². The average Bonchev–Trinajstić information content (AvgIpc) is 3.43. The Balaban J connectivity index is 1.38. The van der Waals surface area contributed by atoms with Gasteiger partial charge < -0.3 is 23.8 Å². The van der Waals surface area contributed by atoms with E-state index in [2.05, 4.69) is 0 Å². The maximum Gasteiger partial charge on any atom is 0.258 e. The first-order valence-corrected chi connectivity index (χ1v) is 14.4. The van der Waals surface area contributed by atoms with E-state index in [0.29, 0.717) is 69.4 Å². The largest absolute Gasteiger partial charge is 0.379 e. The van der Waals surface area contributed by atoms with Crippen LogP contribution >= 0.6 is 0 Å². The van der Waals surface area contributed by atoms with Crippen molar-refractivity contribution >= 4 is 50.1 Å². The third kappa shape index (κ3) is 4.65. The molecule has 1 aromatic heterocycles. The molecule has 11 heteroatoms. The fourth-order valence-electron chi connectivity index (χ4n) is 5.40. The summed E-state index contributed by atoms with van der Waals surface area (Å²) in [6.45, 7) is 3.69. The number of carbonyl (C=O) groups is 2. The summed E-state index contributed by atoms with van der Waals surface area (Å²) in [5.74, 6) is -0.203. The van der Waals surface area contributed by atoms with E-state index < -0.39 is 10.0 Å². The van der Waals surface area contributed by atoms with Gasteiger partial charge in [-0.3, -0.25) is 9.59 Å². The average molecular weight is 551 g/mol. The molecule has 0 bridgehead atoms. The highest BCUT2D eigenvalue weighted by atomic mass is 32.2. The summed E-state index contributed by atoms with van der Waals surface area (Å²) in [5, 5.41) is 0.903. The maximum atomic E-state index is 13.4. The maximum absolute atomic E-state index is 13.4. The lowest BCUT2D eigenvalue weighted by Crippen LogP contribution is -2.42. The Morgan fingerprint density at radius 2 is 1.67 bits per heavy atom. The number of hydrogen-bond acceptors (Lipinski definition) is 6. The molecule has 3 aliphatic heterocycles. The van der Waals surface area contributed by atoms with Crippen LogP contribution in [0.1, 0.15) is 11.1 Å². The molecule has 2 amide bonds. The number of likely N-dealkylation sites (N-methyl/N-ethyl adjacent to an activating group) is 1. The molecule has 2 aromatic carbocycles. The molecule has 10 nitrogen and oxygen atoms in total. The highest BCUT2D eigenvalue weighted by Gasteiger charge is 2.33. The number of morpholine rings is 2. The number of amides is 2. The topological polar surface area (TPSA) is 101 Å². The van der Waals surface area contributed by atoms with Crippen molar-refractivity contribution in [1.29, 1.82) is 0 Å². The first-order chi connectivity index (χ1) is 18.8. The zero-order valence-corrected chi connectivity index (χ0v) is 22.5. The quantitative estimate of drug-likeness (QED) is 0.451. The van der Waals surface area contributed by atoms with Crippen LogP contribution in [-0.4, -0.2) is 93.7 Å². The Hall–Kier alpha value is -3.51. The second kappa shape index (κ2) is 10.2. The van der Waals surface area contributed by atoms with Crippen molar-refractivity contribution in [2.24, 2.45) is 0 Å². The monoisotopic (exact) mass is 550 g/mol. The predicted molar refractivity (Wildman–Crippen MR) is 147 cm³/mol. The summed E-state index contributed by atoms with van der Waals surface area (Å²) in [6, 6.07) is 12.6. The van der Waals surface area contributed by atoms with Crippen LogP contribution in [0.25, 0.3) is 22.6 Å². The molecule has 0 radical (unpaired) electrons. The Morgan fingerprint density at radius 3 is 2.41 bits per heavy atom. The van der Waals surface area contributed by atoms with Crippen LogP contribution in [0.3, 0.4) is 0 Å². The van der Waals surface area contributed by atoms with Gasteiger partial charge in [-0.15, -0.1) is 0 Å². The van der Waals surface area contributed by atoms with E-state index in [1.807, 2.05) is 35.0 Å². The van der Waals surface area contributed by atoms with Gasteiger partial charge in [0.05, 0.1) is 37.0 Å². The second-order valence-corrected chi connectivity index (χ2v) is 11.8. The minimum atomic E-state index is -3.73. The van der Waals surface area contributed by atoms with Crippen LogP contribution < -0.4 is 4.90 Å². The van der Waals surface area contributed by atoms with E-state index >= 15 is 0 Å². The van der Waals surface area contributed by atoms with E-state index in [1.54, 1.807) is 36.2 Å². The molecule has 0 unspecified atom stereocenters. The number of nitrogens with zero attached hydrogens (tertiary/aromatic N) is 4. The first kappa shape index (κ1) is 25.8. The molecular formula is C28H30N4O6S. The molecule has 2 fully saturated rings. The molecule has 3 aliphatic rings. The molecule has 6 rings (SSSR count). The summed E-state index contributed by atoms with van der Waals surface area (Å²) in [6.07, 6.45) is 3.68. The van der Waals surface area contributed by atoms with Gasteiger partial charge in [0.1, 0.15) is 6.54 Å². The smallest absolute Gasteiger partial charge is 0.258 e. The van der Waals surface area contributed by atoms with Gasteiger partial charge in [-0.1, -0.05) is 18.2 Å². The van der Waals surface area contributed by atoms with Crippen molar-refractivity contribution in [1.82, 2.24) is 13.8 Å². The fourth-order valence-corrected chi connectivity index (χ4v) is 6.83. The van der Waals surface area contributed by atoms with Crippen molar-refractivity contribution in [3.63, 3.8) is 0 Å². The molecule has 0 atom stereocenters. The molecule has 3 aromatic rings. The third-order valence-corrected chi connectivity index (χ3v) is 9.45. The van der Waals surface area contributed by atoms with Gasteiger partial charge >= 0.3 is 0 Å². The number of aromatic nitrogens is 1. The molecule has 0 N–H and O–H groups in total. The fraction of sp³-hybridized carbons (Fsp3) is 0.357. The molecule has 4 heterocycles. The van der Waals surface area contributed by atoms with E-state index in [9.17, 15) is 18.0 Å². The highest BCUT2D eigenvalue weighted by Crippen LogP contribution is 2.39. The summed E-state index contributed by atoms with van der Waals surface area (Å²) in [4.78, 5) is 29.8. The Labute approximate surface area is 227 Å². The number of hydrogen-bond donors (Lipinski definition) is 0. The van der Waals surface area contributed by atoms with Crippen LogP contribution in [0.2, 0.25) is 0 Å². The van der Waals surface area contributed by atoms with Crippen molar-refractivity contribution in [2.75, 3.05) is 64.6 Å². The third-order valence-electron chi connectivity index (χ3n) is 7.55. The van der Waals surface area contributed by atoms with E-state index in [0.717, 1.165) is 16.5 Å². The van der Waals surface area contributed by atoms with Crippen molar-refractivity contribution in [2.45, 2.75) is 11.4 Å². The van der Waals surface area contributed by atoms with Gasteiger partial charge in [0, 0.05) is 67.0 Å². The lowest BCUT2D eigenvalue weighted by molar-refractivity contribution is -0.135. The predicted octanol–water partition coefficient (Wildman–Crippen LogP) is 2.04. The molecule has 39 heavy (non-hydrogen) atoms. The van der Waals surface area contributed by atoms with Crippen molar-refractivity contribution in [3.05, 3.63) is 59.8 Å². The number of para-hydroxylation sites is 1. The van der Waals surface area contributed by atoms with Crippen LogP contribution in [0.4, 0.5) is 5.69 Å². The number of benzene rings is 2. The molecule has 204 valence electrons. The minimum absolute atomic E-state index is 0.0123. The number of rotatable bonds is 5. The van der Waals surface area contributed by atoms with Gasteiger partial charge in [0.25, 0.3) is 5.91 Å². The van der Waals surface area contributed by atoms with Crippen molar-refractivity contribution < 1.29 is 27.5 Å². The zero-order valence-electron chi connectivity index (χ0n) is 21.7. The van der Waals surface area contributed by atoms with E-state index in [-0.39, 0.29) is 23.3 Å². The summed E-state index contributed by atoms with van der Waals surface area (Å²) >= 11 is 0. The van der Waals surface area contributed by atoms with Gasteiger partial charge in [0.2, 0.25) is 15.9 Å². The highest BCUT2D eigenvalue weighted by molar-refractivity contribution is 7.89. The minimum Gasteiger partial charge on any atom is -0.379 e. The molecule has 2 saturated heterocycles. The summed E-state index contributed by atoms with van der Waals surface area (Å²) in [5.41, 5.74) is 3.30. The Bertz CT molecular complexity index is 1580. The molecule has 0 saturated carbocycles.